The van der Waals surface area contributed by atoms with Crippen LogP contribution in [0.15, 0.2) is 115 Å². The summed E-state index contributed by atoms with van der Waals surface area (Å²) in [5.41, 5.74) is 32.4. The number of allylic oxidation sites excluding steroid dienone is 1. The van der Waals surface area contributed by atoms with Crippen molar-refractivity contribution in [3.63, 3.8) is 0 Å². The van der Waals surface area contributed by atoms with E-state index in [4.69, 9.17) is 41.4 Å². The number of amides is 2. The van der Waals surface area contributed by atoms with E-state index >= 15 is 0 Å². The van der Waals surface area contributed by atoms with Crippen LogP contribution in [0, 0.1) is 76.5 Å². The van der Waals surface area contributed by atoms with Gasteiger partial charge in [-0.3, -0.25) is 24.0 Å². The number of aromatic carboxylic acids is 1. The van der Waals surface area contributed by atoms with Crippen LogP contribution in [-0.4, -0.2) is 134 Å². The van der Waals surface area contributed by atoms with Crippen LogP contribution in [0.5, 0.6) is 11.5 Å². The highest BCUT2D eigenvalue weighted by Crippen LogP contribution is 2.42. The molecular formula is C92H110N12O11. The van der Waals surface area contributed by atoms with E-state index in [-0.39, 0.29) is 88.5 Å². The number of ether oxygens (including phenoxy) is 3. The number of fused-ring (bicyclic) bond motifs is 5. The molecule has 4 heterocycles. The number of carboxylic acids is 1. The number of nitrogens with two attached hydrogens (primary N) is 3. The summed E-state index contributed by atoms with van der Waals surface area (Å²) >= 11 is 0. The Morgan fingerprint density at radius 1 is 0.609 bits per heavy atom. The van der Waals surface area contributed by atoms with E-state index in [0.717, 1.165) is 41.4 Å². The van der Waals surface area contributed by atoms with Gasteiger partial charge in [0.1, 0.15) is 41.9 Å². The van der Waals surface area contributed by atoms with Crippen LogP contribution in [0.3, 0.4) is 0 Å². The van der Waals surface area contributed by atoms with E-state index in [2.05, 4.69) is 67.7 Å². The molecule has 0 spiro atoms. The Balaban J connectivity index is 0.000000238. The number of nitrogens with zero attached hydrogens (tertiary/aromatic N) is 8. The van der Waals surface area contributed by atoms with Gasteiger partial charge in [0.25, 0.3) is 0 Å². The van der Waals surface area contributed by atoms with Crippen molar-refractivity contribution in [2.75, 3.05) is 47.0 Å². The molecule has 5 aromatic carbocycles. The molecule has 8 N–H and O–H groups in total. The van der Waals surface area contributed by atoms with Crippen molar-refractivity contribution in [2.24, 2.45) is 40.9 Å². The molecule has 0 unspecified atom stereocenters. The summed E-state index contributed by atoms with van der Waals surface area (Å²) in [5.74, 6) is -1.19. The first-order valence-electron chi connectivity index (χ1n) is 40.4. The van der Waals surface area contributed by atoms with E-state index in [1.807, 2.05) is 62.4 Å². The molecule has 115 heavy (non-hydrogen) atoms. The lowest BCUT2D eigenvalue weighted by Gasteiger charge is -2.32. The maximum absolute atomic E-state index is 14.9. The zero-order chi connectivity index (χ0) is 82.4. The van der Waals surface area contributed by atoms with Gasteiger partial charge in [0.05, 0.1) is 58.9 Å². The third-order valence-electron chi connectivity index (χ3n) is 22.2. The number of nitriles is 1. The van der Waals surface area contributed by atoms with Gasteiger partial charge in [-0.1, -0.05) is 155 Å². The quantitative estimate of drug-likeness (QED) is 0.0248. The maximum Gasteiger partial charge on any atom is 0.341 e. The summed E-state index contributed by atoms with van der Waals surface area (Å²) in [6.07, 6.45) is 19.7. The van der Waals surface area contributed by atoms with Crippen molar-refractivity contribution < 1.29 is 52.9 Å². The summed E-state index contributed by atoms with van der Waals surface area (Å²) in [6.45, 7) is 13.0. The number of aryl methyl sites for hydroxylation is 6. The Labute approximate surface area is 675 Å². The van der Waals surface area contributed by atoms with E-state index in [1.165, 1.54) is 118 Å². The van der Waals surface area contributed by atoms with Crippen LogP contribution in [0.4, 0.5) is 0 Å². The molecule has 8 aromatic rings. The normalized spacial score (nSPS) is 16.5. The van der Waals surface area contributed by atoms with Crippen LogP contribution >= 0.6 is 0 Å². The molecule has 12 rings (SSSR count). The van der Waals surface area contributed by atoms with Crippen LogP contribution < -0.4 is 32.0 Å². The van der Waals surface area contributed by atoms with Crippen LogP contribution in [0.1, 0.15) is 215 Å². The lowest BCUT2D eigenvalue weighted by Crippen LogP contribution is -2.46. The molecule has 2 amide bonds. The first-order chi connectivity index (χ1) is 55.4. The largest absolute Gasteiger partial charge is 0.492 e. The molecular weight excluding hydrogens is 1450 g/mol. The monoisotopic (exact) mass is 1560 g/mol. The van der Waals surface area contributed by atoms with Crippen LogP contribution in [-0.2, 0) is 43.2 Å². The topological polar surface area (TPSA) is 362 Å². The van der Waals surface area contributed by atoms with E-state index < -0.39 is 53.5 Å². The first-order valence-corrected chi connectivity index (χ1v) is 40.4. The summed E-state index contributed by atoms with van der Waals surface area (Å²) in [7, 11) is 2.88. The molecule has 23 heteroatoms. The number of rotatable bonds is 26. The number of likely N-dealkylation sites (N-methyl/N-ethyl adjacent to an activating group) is 1. The Hall–Kier alpha value is -11.1. The SMILES string of the molecule is COC(=O)c1c(C)nc(-c2ccc(C=C3CCCC3)cc2)nc1C.Cc1nc(-c2ccc(CC3CCCC3)cc2)nc(C)c1C(=O)C[C@@H](CCN)C(=O)N(C)[C@@H]1C(=O)C[C@@H](C)C(=O)N[C@H](C(=O)CCC#N)Cc2ccc(OCCN)c(c2)-c2cc1ccc2OCCN.Cc1nc(-c2ccc(CC3CCCC3)cc2)nc(C)c1C(=O)O. The fourth-order valence-corrected chi connectivity index (χ4v) is 16.2. The summed E-state index contributed by atoms with van der Waals surface area (Å²) < 4.78 is 17.1. The number of carbonyl (C=O) groups is 7. The molecule has 4 aliphatic rings. The van der Waals surface area contributed by atoms with Gasteiger partial charge in [-0.05, 0) is 163 Å². The number of hydrogen-bond donors (Lipinski definition) is 5. The van der Waals surface area contributed by atoms with Gasteiger partial charge in [-0.2, -0.15) is 5.26 Å². The second kappa shape index (κ2) is 41.3. The molecule has 3 aromatic heterocycles. The number of benzene rings is 5. The number of methoxy groups -OCH3 is 1. The minimum atomic E-state index is -1.24. The molecule has 0 saturated heterocycles. The number of nitrogens with one attached hydrogen (secondary N) is 1. The molecule has 1 aliphatic heterocycles. The standard InChI is InChI=1S/C53H66N8O7.C20H22N2O2.C19H22N2O2/c1-32-26-46(64)50(39-16-18-48(68-25-23-57)42(30-39)41-28-37(13-17-47(41)67-24-22-56)29-43(60-52(32)65)44(62)10-7-20-54)61(4)53(66)40(19-21-55)31-45(63)49-33(2)58-51(59-34(49)3)38-14-11-36(12-15-38)27-35-8-5-6-9-35;1-13-18(20(23)24-3)14(2)22-19(21-13)17-10-8-16(9-11-17)12-15-6-4-5-7-15;1-12-17(19(22)23)13(2)21-18(20-12)16-9-7-15(8-10-16)11-14-5-3-4-6-14/h11-18,28,30,32,35,40,43,50H,5-10,19,21-27,29,31,55-57H2,1-4H3,(H,60,65);8-12H,4-7H2,1-3H3;7-10,14H,3-6,11H2,1-2H3,(H,22,23)/t32-,40-,43+,50+;;/m1../s1. The fraction of sp³-hybridized carbons (Fsp3) is 0.435. The van der Waals surface area contributed by atoms with Crippen molar-refractivity contribution in [1.82, 2.24) is 40.1 Å². The second-order valence-corrected chi connectivity index (χ2v) is 30.9. The Morgan fingerprint density at radius 3 is 1.55 bits per heavy atom. The Morgan fingerprint density at radius 2 is 1.08 bits per heavy atom. The highest BCUT2D eigenvalue weighted by molar-refractivity contribution is 6.02. The van der Waals surface area contributed by atoms with Crippen molar-refractivity contribution >= 4 is 47.2 Å². The van der Waals surface area contributed by atoms with E-state index in [9.17, 15) is 43.9 Å². The number of esters is 1. The average molecular weight is 1560 g/mol. The smallest absolute Gasteiger partial charge is 0.341 e. The molecule has 604 valence electrons. The molecule has 3 aliphatic carbocycles. The van der Waals surface area contributed by atoms with Gasteiger partial charge in [-0.25, -0.2) is 39.5 Å². The van der Waals surface area contributed by atoms with Gasteiger partial charge in [0.2, 0.25) is 11.8 Å². The van der Waals surface area contributed by atoms with Gasteiger partial charge >= 0.3 is 11.9 Å². The zero-order valence-corrected chi connectivity index (χ0v) is 68.0. The van der Waals surface area contributed by atoms with Crippen molar-refractivity contribution in [3.05, 3.63) is 193 Å². The lowest BCUT2D eigenvalue weighted by molar-refractivity contribution is -0.142. The van der Waals surface area contributed by atoms with Crippen LogP contribution in [0.2, 0.25) is 0 Å². The molecule has 3 fully saturated rings. The van der Waals surface area contributed by atoms with Gasteiger partial charge in [-0.15, -0.1) is 0 Å². The molecule has 4 bridgehead atoms. The first kappa shape index (κ1) is 86.3. The zero-order valence-electron chi connectivity index (χ0n) is 68.0. The summed E-state index contributed by atoms with van der Waals surface area (Å²) in [5, 5.41) is 21.3. The number of aromatic nitrogens is 6. The second-order valence-electron chi connectivity index (χ2n) is 30.9. The maximum atomic E-state index is 14.9. The molecule has 4 atom stereocenters. The van der Waals surface area contributed by atoms with Crippen LogP contribution in [0.25, 0.3) is 51.4 Å². The Kier molecular flexibility index (Phi) is 31.0. The van der Waals surface area contributed by atoms with Crippen molar-refractivity contribution in [2.45, 2.75) is 189 Å². The molecule has 0 radical (unpaired) electrons. The number of carbonyl (C=O) groups excluding carboxylic acids is 6. The third-order valence-corrected chi connectivity index (χ3v) is 22.2. The van der Waals surface area contributed by atoms with Gasteiger partial charge < -0.3 is 46.7 Å². The summed E-state index contributed by atoms with van der Waals surface area (Å²) in [4.78, 5) is 123. The molecule has 23 nitrogen and oxygen atoms in total. The highest BCUT2D eigenvalue weighted by atomic mass is 16.5. The summed E-state index contributed by atoms with van der Waals surface area (Å²) in [6, 6.07) is 35.2. The minimum absolute atomic E-state index is 0.0295. The number of Topliss-reactive ketones (excluding diaryl/α,β-unsaturated/α-hetero) is 3. The van der Waals surface area contributed by atoms with E-state index in [1.54, 1.807) is 65.0 Å². The predicted octanol–water partition coefficient (Wildman–Crippen LogP) is 14.8. The van der Waals surface area contributed by atoms with Gasteiger partial charge in [0, 0.05) is 85.5 Å². The lowest BCUT2D eigenvalue weighted by atomic mass is 9.88. The van der Waals surface area contributed by atoms with E-state index in [0.29, 0.717) is 96.5 Å². The predicted molar refractivity (Wildman–Crippen MR) is 444 cm³/mol. The third kappa shape index (κ3) is 22.7. The molecule has 3 saturated carbocycles. The van der Waals surface area contributed by atoms with Gasteiger partial charge in [0.15, 0.2) is 34.8 Å². The van der Waals surface area contributed by atoms with Crippen molar-refractivity contribution in [1.29, 1.82) is 5.26 Å². The number of ketones is 3. The highest BCUT2D eigenvalue weighted by Gasteiger charge is 2.37. The number of hydrogen-bond acceptors (Lipinski definition) is 20. The Bertz CT molecular complexity index is 4790. The minimum Gasteiger partial charge on any atom is -0.492 e. The number of carboxylic acid groups (broad SMARTS) is 1. The fourth-order valence-electron chi connectivity index (χ4n) is 16.2. The average Bonchev–Trinajstić information content (AvgIpc) is 1.42. The van der Waals surface area contributed by atoms with Crippen molar-refractivity contribution in [3.8, 4) is 62.9 Å².